The summed E-state index contributed by atoms with van der Waals surface area (Å²) in [5.41, 5.74) is 0.306. The van der Waals surface area contributed by atoms with Gasteiger partial charge in [0.25, 0.3) is 5.91 Å². The lowest BCUT2D eigenvalue weighted by Gasteiger charge is -2.21. The summed E-state index contributed by atoms with van der Waals surface area (Å²) in [4.78, 5) is 24.4. The van der Waals surface area contributed by atoms with Crippen molar-refractivity contribution in [3.8, 4) is 0 Å². The number of aryl methyl sites for hydroxylation is 1. The molecule has 0 radical (unpaired) electrons. The van der Waals surface area contributed by atoms with E-state index in [0.29, 0.717) is 10.7 Å². The van der Waals surface area contributed by atoms with Gasteiger partial charge >= 0.3 is 5.97 Å². The molecule has 1 aliphatic rings. The molecule has 7 heteroatoms. The second-order valence-electron chi connectivity index (χ2n) is 4.36. The number of carboxylic acids is 1. The molecule has 2 heterocycles. The van der Waals surface area contributed by atoms with E-state index in [9.17, 15) is 14.7 Å². The van der Waals surface area contributed by atoms with Gasteiger partial charge in [0, 0.05) is 26.2 Å². The minimum absolute atomic E-state index is 0.0264. The van der Waals surface area contributed by atoms with Gasteiger partial charge in [-0.1, -0.05) is 11.6 Å². The third-order valence-corrected chi connectivity index (χ3v) is 3.22. The SMILES string of the molecule is Cn1cc(Cl)cc1C(=O)N1CC(O)CC1C(=O)O. The number of hydrogen-bond acceptors (Lipinski definition) is 3. The fourth-order valence-corrected chi connectivity index (χ4v) is 2.41. The van der Waals surface area contributed by atoms with Gasteiger partial charge in [-0.25, -0.2) is 4.79 Å². The highest BCUT2D eigenvalue weighted by Crippen LogP contribution is 2.22. The molecule has 0 aliphatic carbocycles. The van der Waals surface area contributed by atoms with Crippen molar-refractivity contribution in [2.75, 3.05) is 6.54 Å². The van der Waals surface area contributed by atoms with Crippen LogP contribution >= 0.6 is 11.6 Å². The number of nitrogens with zero attached hydrogens (tertiary/aromatic N) is 2. The summed E-state index contributed by atoms with van der Waals surface area (Å²) >= 11 is 5.79. The average molecular weight is 273 g/mol. The molecule has 1 amide bonds. The summed E-state index contributed by atoms with van der Waals surface area (Å²) < 4.78 is 1.54. The normalized spacial score (nSPS) is 23.4. The van der Waals surface area contributed by atoms with E-state index >= 15 is 0 Å². The molecule has 2 rings (SSSR count). The number of amides is 1. The molecule has 2 N–H and O–H groups in total. The van der Waals surface area contributed by atoms with Crippen molar-refractivity contribution in [2.45, 2.75) is 18.6 Å². The number of carboxylic acid groups (broad SMARTS) is 1. The molecule has 2 unspecified atom stereocenters. The van der Waals surface area contributed by atoms with Crippen molar-refractivity contribution in [2.24, 2.45) is 7.05 Å². The molecule has 0 aromatic carbocycles. The molecule has 1 fully saturated rings. The molecular formula is C11H13ClN2O4. The summed E-state index contributed by atoms with van der Waals surface area (Å²) in [5.74, 6) is -1.55. The zero-order valence-electron chi connectivity index (χ0n) is 9.71. The number of carbonyl (C=O) groups excluding carboxylic acids is 1. The molecule has 1 aromatic heterocycles. The number of aliphatic carboxylic acids is 1. The molecule has 6 nitrogen and oxygen atoms in total. The van der Waals surface area contributed by atoms with E-state index in [-0.39, 0.29) is 13.0 Å². The van der Waals surface area contributed by atoms with E-state index in [2.05, 4.69) is 0 Å². The van der Waals surface area contributed by atoms with Crippen LogP contribution in [0.4, 0.5) is 0 Å². The van der Waals surface area contributed by atoms with Crippen molar-refractivity contribution in [3.63, 3.8) is 0 Å². The van der Waals surface area contributed by atoms with E-state index in [1.54, 1.807) is 13.2 Å². The van der Waals surface area contributed by atoms with E-state index in [4.69, 9.17) is 16.7 Å². The number of hydrogen-bond donors (Lipinski definition) is 2. The number of aromatic nitrogens is 1. The van der Waals surface area contributed by atoms with E-state index in [1.807, 2.05) is 0 Å². The zero-order chi connectivity index (χ0) is 13.4. The summed E-state index contributed by atoms with van der Waals surface area (Å²) in [5, 5.41) is 18.9. The van der Waals surface area contributed by atoms with Crippen LogP contribution in [0.5, 0.6) is 0 Å². The van der Waals surface area contributed by atoms with E-state index in [1.165, 1.54) is 15.5 Å². The van der Waals surface area contributed by atoms with Gasteiger partial charge in [-0.3, -0.25) is 4.79 Å². The molecule has 0 bridgehead atoms. The lowest BCUT2D eigenvalue weighted by Crippen LogP contribution is -2.41. The Morgan fingerprint density at radius 1 is 1.50 bits per heavy atom. The van der Waals surface area contributed by atoms with Gasteiger partial charge in [0.1, 0.15) is 11.7 Å². The Hall–Kier alpha value is -1.53. The maximum Gasteiger partial charge on any atom is 0.326 e. The molecule has 18 heavy (non-hydrogen) atoms. The first-order valence-corrected chi connectivity index (χ1v) is 5.81. The second-order valence-corrected chi connectivity index (χ2v) is 4.79. The number of carbonyl (C=O) groups is 2. The number of β-amino-alcohol motifs (C(OH)–C–C–N with tert-alkyl or cyclic N) is 1. The highest BCUT2D eigenvalue weighted by atomic mass is 35.5. The minimum atomic E-state index is -1.11. The van der Waals surface area contributed by atoms with Crippen LogP contribution in [-0.2, 0) is 11.8 Å². The van der Waals surface area contributed by atoms with Crippen LogP contribution < -0.4 is 0 Å². The van der Waals surface area contributed by atoms with Crippen molar-refractivity contribution in [3.05, 3.63) is 23.0 Å². The molecule has 98 valence electrons. The summed E-state index contributed by atoms with van der Waals surface area (Å²) in [6.07, 6.45) is 0.821. The van der Waals surface area contributed by atoms with Crippen LogP contribution in [0.3, 0.4) is 0 Å². The number of likely N-dealkylation sites (tertiary alicyclic amines) is 1. The number of halogens is 1. The predicted octanol–water partition coefficient (Wildman–Crippen LogP) is 0.339. The fraction of sp³-hybridized carbons (Fsp3) is 0.455. The van der Waals surface area contributed by atoms with E-state index in [0.717, 1.165) is 0 Å². The van der Waals surface area contributed by atoms with Crippen molar-refractivity contribution in [1.29, 1.82) is 0 Å². The Bertz CT molecular complexity index is 499. The maximum atomic E-state index is 12.2. The van der Waals surface area contributed by atoms with Gasteiger partial charge in [0.2, 0.25) is 0 Å². The van der Waals surface area contributed by atoms with Crippen LogP contribution in [0.2, 0.25) is 5.02 Å². The van der Waals surface area contributed by atoms with Gasteiger partial charge < -0.3 is 19.7 Å². The molecule has 2 atom stereocenters. The molecule has 1 aliphatic heterocycles. The fourth-order valence-electron chi connectivity index (χ4n) is 2.16. The lowest BCUT2D eigenvalue weighted by atomic mass is 10.2. The van der Waals surface area contributed by atoms with Crippen LogP contribution in [-0.4, -0.2) is 50.2 Å². The Morgan fingerprint density at radius 2 is 2.17 bits per heavy atom. The molecular weight excluding hydrogens is 260 g/mol. The third-order valence-electron chi connectivity index (χ3n) is 3.02. The highest BCUT2D eigenvalue weighted by molar-refractivity contribution is 6.31. The quantitative estimate of drug-likeness (QED) is 0.813. The first-order chi connectivity index (χ1) is 8.40. The Kier molecular flexibility index (Phi) is 3.32. The first-order valence-electron chi connectivity index (χ1n) is 5.44. The van der Waals surface area contributed by atoms with Crippen LogP contribution in [0.25, 0.3) is 0 Å². The standard InChI is InChI=1S/C11H13ClN2O4/c1-13-4-6(12)2-8(13)10(16)14-5-7(15)3-9(14)11(17)18/h2,4,7,9,15H,3,5H2,1H3,(H,17,18). The topological polar surface area (TPSA) is 82.8 Å². The largest absolute Gasteiger partial charge is 0.480 e. The second kappa shape index (κ2) is 4.62. The molecule has 0 spiro atoms. The van der Waals surface area contributed by atoms with Gasteiger partial charge in [-0.15, -0.1) is 0 Å². The average Bonchev–Trinajstić information content (AvgIpc) is 2.81. The van der Waals surface area contributed by atoms with Gasteiger partial charge in [0.05, 0.1) is 11.1 Å². The highest BCUT2D eigenvalue weighted by Gasteiger charge is 2.39. The van der Waals surface area contributed by atoms with Crippen molar-refractivity contribution in [1.82, 2.24) is 9.47 Å². The number of aliphatic hydroxyl groups is 1. The first kappa shape index (κ1) is 12.9. The van der Waals surface area contributed by atoms with Crippen molar-refractivity contribution < 1.29 is 19.8 Å². The predicted molar refractivity (Wildman–Crippen MR) is 63.5 cm³/mol. The smallest absolute Gasteiger partial charge is 0.326 e. The van der Waals surface area contributed by atoms with Crippen LogP contribution in [0.15, 0.2) is 12.3 Å². The van der Waals surface area contributed by atoms with Crippen LogP contribution in [0.1, 0.15) is 16.9 Å². The Balaban J connectivity index is 2.28. The van der Waals surface area contributed by atoms with Gasteiger partial charge in [-0.05, 0) is 6.07 Å². The summed E-state index contributed by atoms with van der Waals surface area (Å²) in [6, 6.07) is 0.495. The van der Waals surface area contributed by atoms with Gasteiger partial charge in [-0.2, -0.15) is 0 Å². The van der Waals surface area contributed by atoms with Crippen molar-refractivity contribution >= 4 is 23.5 Å². The summed E-state index contributed by atoms with van der Waals surface area (Å²) in [6.45, 7) is 0.0264. The number of rotatable bonds is 2. The third kappa shape index (κ3) is 2.21. The summed E-state index contributed by atoms with van der Waals surface area (Å²) in [7, 11) is 1.65. The van der Waals surface area contributed by atoms with Crippen LogP contribution in [0, 0.1) is 0 Å². The minimum Gasteiger partial charge on any atom is -0.480 e. The Morgan fingerprint density at radius 3 is 2.67 bits per heavy atom. The number of aliphatic hydroxyl groups excluding tert-OH is 1. The lowest BCUT2D eigenvalue weighted by molar-refractivity contribution is -0.141. The van der Waals surface area contributed by atoms with Gasteiger partial charge in [0.15, 0.2) is 0 Å². The maximum absolute atomic E-state index is 12.2. The molecule has 0 saturated carbocycles. The monoisotopic (exact) mass is 272 g/mol. The van der Waals surface area contributed by atoms with E-state index < -0.39 is 24.0 Å². The molecule has 1 aromatic rings. The Labute approximate surface area is 108 Å². The molecule has 1 saturated heterocycles. The zero-order valence-corrected chi connectivity index (χ0v) is 10.5.